The fourth-order valence-corrected chi connectivity index (χ4v) is 1.51. The van der Waals surface area contributed by atoms with Gasteiger partial charge in [-0.05, 0) is 24.6 Å². The molecule has 0 aliphatic carbocycles. The van der Waals surface area contributed by atoms with Gasteiger partial charge in [0.2, 0.25) is 5.91 Å². The average Bonchev–Trinajstić information content (AvgIpc) is 2.52. The molecule has 4 nitrogen and oxygen atoms in total. The summed E-state index contributed by atoms with van der Waals surface area (Å²) in [6, 6.07) is 5.92. The molecule has 0 saturated heterocycles. The molecule has 0 aliphatic rings. The average molecular weight is 317 g/mol. The number of carbonyl (C=O) groups is 2. The summed E-state index contributed by atoms with van der Waals surface area (Å²) < 4.78 is 12.7. The minimum Gasteiger partial charge on any atom is -0.481 e. The van der Waals surface area contributed by atoms with Gasteiger partial charge < -0.3 is 10.4 Å². The standard InChI is InChI=1S/C13H14FNO.C5H6O2/c1-3-4-5-13(16)15-10(2)11-6-8-12(14)9-7-11;1-2-3-4-5(6)7/h1,6-10H,4-5H2,2H3,(H,15,16);1H,3-4H2,(H,6,7)/t10-;/m0./s1. The first-order chi connectivity index (χ1) is 10.9. The Hall–Kier alpha value is -2.79. The SMILES string of the molecule is C#CCCC(=O)N[C@@H](C)c1ccc(F)cc1.C#CCCC(=O)O. The van der Waals surface area contributed by atoms with Gasteiger partial charge in [0.15, 0.2) is 0 Å². The Kier molecular flexibility index (Phi) is 10.4. The molecule has 0 aliphatic heterocycles. The summed E-state index contributed by atoms with van der Waals surface area (Å²) in [6.07, 6.45) is 11.0. The van der Waals surface area contributed by atoms with Crippen molar-refractivity contribution in [2.24, 2.45) is 0 Å². The van der Waals surface area contributed by atoms with Crippen molar-refractivity contribution in [3.05, 3.63) is 35.6 Å². The molecular weight excluding hydrogens is 297 g/mol. The van der Waals surface area contributed by atoms with Gasteiger partial charge in [0.1, 0.15) is 5.82 Å². The Morgan fingerprint density at radius 2 is 1.70 bits per heavy atom. The van der Waals surface area contributed by atoms with Crippen molar-refractivity contribution in [1.82, 2.24) is 5.32 Å². The van der Waals surface area contributed by atoms with Crippen molar-refractivity contribution in [3.63, 3.8) is 0 Å². The number of halogens is 1. The zero-order valence-electron chi connectivity index (χ0n) is 13.0. The monoisotopic (exact) mass is 317 g/mol. The number of rotatable bonds is 6. The minimum atomic E-state index is -0.835. The number of nitrogens with one attached hydrogen (secondary N) is 1. The summed E-state index contributed by atoms with van der Waals surface area (Å²) in [4.78, 5) is 21.0. The maximum absolute atomic E-state index is 12.7. The molecule has 122 valence electrons. The maximum Gasteiger partial charge on any atom is 0.304 e. The Balaban J connectivity index is 0.000000585. The highest BCUT2D eigenvalue weighted by molar-refractivity contribution is 5.76. The quantitative estimate of drug-likeness (QED) is 0.793. The Bertz CT molecular complexity index is 582. The van der Waals surface area contributed by atoms with Crippen molar-refractivity contribution >= 4 is 11.9 Å². The molecule has 0 heterocycles. The van der Waals surface area contributed by atoms with E-state index in [2.05, 4.69) is 17.2 Å². The van der Waals surface area contributed by atoms with Crippen LogP contribution in [0.5, 0.6) is 0 Å². The lowest BCUT2D eigenvalue weighted by Gasteiger charge is -2.13. The molecule has 0 saturated carbocycles. The van der Waals surface area contributed by atoms with Crippen molar-refractivity contribution in [3.8, 4) is 24.7 Å². The summed E-state index contributed by atoms with van der Waals surface area (Å²) >= 11 is 0. The molecule has 0 unspecified atom stereocenters. The van der Waals surface area contributed by atoms with Gasteiger partial charge in [-0.2, -0.15) is 0 Å². The molecule has 1 atom stereocenters. The third-order valence-electron chi connectivity index (χ3n) is 2.73. The number of hydrogen-bond acceptors (Lipinski definition) is 2. The maximum atomic E-state index is 12.7. The zero-order valence-corrected chi connectivity index (χ0v) is 13.0. The van der Waals surface area contributed by atoms with Gasteiger partial charge in [-0.3, -0.25) is 9.59 Å². The van der Waals surface area contributed by atoms with Crippen LogP contribution in [0.3, 0.4) is 0 Å². The van der Waals surface area contributed by atoms with Crippen LogP contribution in [-0.4, -0.2) is 17.0 Å². The summed E-state index contributed by atoms with van der Waals surface area (Å²) in [6.45, 7) is 1.85. The van der Waals surface area contributed by atoms with Gasteiger partial charge in [0, 0.05) is 19.3 Å². The van der Waals surface area contributed by atoms with Crippen LogP contribution in [0.15, 0.2) is 24.3 Å². The lowest BCUT2D eigenvalue weighted by atomic mass is 10.1. The number of carbonyl (C=O) groups excluding carboxylic acids is 1. The second-order valence-electron chi connectivity index (χ2n) is 4.64. The second-order valence-corrected chi connectivity index (χ2v) is 4.64. The van der Waals surface area contributed by atoms with E-state index in [0.29, 0.717) is 19.3 Å². The van der Waals surface area contributed by atoms with Gasteiger partial charge in [-0.15, -0.1) is 24.7 Å². The van der Waals surface area contributed by atoms with Crippen LogP contribution < -0.4 is 5.32 Å². The molecule has 2 N–H and O–H groups in total. The van der Waals surface area contributed by atoms with E-state index in [1.54, 1.807) is 12.1 Å². The normalized spacial score (nSPS) is 10.3. The van der Waals surface area contributed by atoms with Crippen LogP contribution in [-0.2, 0) is 9.59 Å². The van der Waals surface area contributed by atoms with E-state index in [9.17, 15) is 14.0 Å². The smallest absolute Gasteiger partial charge is 0.304 e. The number of aliphatic carboxylic acids is 1. The van der Waals surface area contributed by atoms with Crippen LogP contribution in [0.2, 0.25) is 0 Å². The summed E-state index contributed by atoms with van der Waals surface area (Å²) in [5.74, 6) is 3.42. The van der Waals surface area contributed by atoms with Crippen LogP contribution in [0.25, 0.3) is 0 Å². The first kappa shape index (κ1) is 20.2. The summed E-state index contributed by atoms with van der Waals surface area (Å²) in [5.41, 5.74) is 0.871. The molecule has 0 radical (unpaired) electrons. The highest BCUT2D eigenvalue weighted by Gasteiger charge is 2.08. The van der Waals surface area contributed by atoms with E-state index in [0.717, 1.165) is 5.56 Å². The number of hydrogen-bond donors (Lipinski definition) is 2. The Morgan fingerprint density at radius 3 is 2.13 bits per heavy atom. The van der Waals surface area contributed by atoms with E-state index < -0.39 is 5.97 Å². The van der Waals surface area contributed by atoms with E-state index in [1.165, 1.54) is 12.1 Å². The van der Waals surface area contributed by atoms with Crippen molar-refractivity contribution in [1.29, 1.82) is 0 Å². The highest BCUT2D eigenvalue weighted by Crippen LogP contribution is 2.12. The Morgan fingerprint density at radius 1 is 1.17 bits per heavy atom. The number of carboxylic acid groups (broad SMARTS) is 1. The van der Waals surface area contributed by atoms with Crippen molar-refractivity contribution < 1.29 is 19.1 Å². The second kappa shape index (κ2) is 11.8. The lowest BCUT2D eigenvalue weighted by Crippen LogP contribution is -2.26. The van der Waals surface area contributed by atoms with Gasteiger partial charge >= 0.3 is 5.97 Å². The third-order valence-corrected chi connectivity index (χ3v) is 2.73. The van der Waals surface area contributed by atoms with Crippen LogP contribution >= 0.6 is 0 Å². The van der Waals surface area contributed by atoms with Crippen LogP contribution in [0.1, 0.15) is 44.2 Å². The molecule has 1 amide bonds. The van der Waals surface area contributed by atoms with Crippen molar-refractivity contribution in [2.45, 2.75) is 38.6 Å². The molecule has 5 heteroatoms. The fourth-order valence-electron chi connectivity index (χ4n) is 1.51. The predicted molar refractivity (Wildman–Crippen MR) is 86.7 cm³/mol. The van der Waals surface area contributed by atoms with E-state index >= 15 is 0 Å². The van der Waals surface area contributed by atoms with Crippen LogP contribution in [0, 0.1) is 30.5 Å². The molecular formula is C18H20FNO3. The number of carboxylic acids is 1. The number of benzene rings is 1. The predicted octanol–water partition coefficient (Wildman–Crippen LogP) is 2.90. The minimum absolute atomic E-state index is 0.0799. The number of amides is 1. The summed E-state index contributed by atoms with van der Waals surface area (Å²) in [7, 11) is 0. The molecule has 1 aromatic carbocycles. The van der Waals surface area contributed by atoms with Gasteiger partial charge in [0.25, 0.3) is 0 Å². The largest absolute Gasteiger partial charge is 0.481 e. The molecule has 1 aromatic rings. The first-order valence-electron chi connectivity index (χ1n) is 7.04. The molecule has 1 rings (SSSR count). The van der Waals surface area contributed by atoms with E-state index in [-0.39, 0.29) is 24.2 Å². The molecule has 0 fully saturated rings. The first-order valence-corrected chi connectivity index (χ1v) is 7.04. The van der Waals surface area contributed by atoms with Crippen molar-refractivity contribution in [2.75, 3.05) is 0 Å². The number of terminal acetylenes is 2. The van der Waals surface area contributed by atoms with Crippen LogP contribution in [0.4, 0.5) is 4.39 Å². The lowest BCUT2D eigenvalue weighted by molar-refractivity contribution is -0.136. The van der Waals surface area contributed by atoms with E-state index in [1.807, 2.05) is 6.92 Å². The molecule has 0 spiro atoms. The summed E-state index contributed by atoms with van der Waals surface area (Å²) in [5, 5.41) is 10.7. The Labute approximate surface area is 136 Å². The molecule has 0 aromatic heterocycles. The van der Waals surface area contributed by atoms with Gasteiger partial charge in [0.05, 0.1) is 12.5 Å². The van der Waals surface area contributed by atoms with Gasteiger partial charge in [-0.25, -0.2) is 4.39 Å². The van der Waals surface area contributed by atoms with E-state index in [4.69, 9.17) is 18.0 Å². The third kappa shape index (κ3) is 10.6. The fraction of sp³-hybridized carbons (Fsp3) is 0.333. The zero-order chi connectivity index (χ0) is 17.7. The molecule has 23 heavy (non-hydrogen) atoms. The highest BCUT2D eigenvalue weighted by atomic mass is 19.1. The topological polar surface area (TPSA) is 66.4 Å². The molecule has 0 bridgehead atoms. The van der Waals surface area contributed by atoms with Gasteiger partial charge in [-0.1, -0.05) is 12.1 Å².